The van der Waals surface area contributed by atoms with Gasteiger partial charge < -0.3 is 15.8 Å². The number of primary amides is 1. The lowest BCUT2D eigenvalue weighted by atomic mass is 9.89. The highest BCUT2D eigenvalue weighted by molar-refractivity contribution is 6.02. The summed E-state index contributed by atoms with van der Waals surface area (Å²) in [6.45, 7) is 0.383. The van der Waals surface area contributed by atoms with Gasteiger partial charge >= 0.3 is 6.36 Å². The lowest BCUT2D eigenvalue weighted by molar-refractivity contribution is -0.351. The van der Waals surface area contributed by atoms with Crippen molar-refractivity contribution in [2.24, 2.45) is 11.7 Å². The summed E-state index contributed by atoms with van der Waals surface area (Å²) in [6, 6.07) is 0.919. The number of aromatic nitrogens is 3. The van der Waals surface area contributed by atoms with E-state index in [2.05, 4.69) is 20.1 Å². The van der Waals surface area contributed by atoms with Crippen molar-refractivity contribution in [3.8, 4) is 5.88 Å². The molecule has 29 heavy (non-hydrogen) atoms. The maximum Gasteiger partial charge on any atom is 0.522 e. The fraction of sp³-hybridized carbons (Fsp3) is 0.529. The highest BCUT2D eigenvalue weighted by Crippen LogP contribution is 2.32. The van der Waals surface area contributed by atoms with Crippen LogP contribution < -0.4 is 15.8 Å². The number of carbonyl (C=O) groups is 2. The Morgan fingerprint density at radius 3 is 2.66 bits per heavy atom. The molecule has 0 saturated heterocycles. The van der Waals surface area contributed by atoms with Gasteiger partial charge in [0.05, 0.1) is 12.7 Å². The molecule has 2 aliphatic carbocycles. The van der Waals surface area contributed by atoms with Crippen LogP contribution in [0.5, 0.6) is 5.88 Å². The molecule has 4 rings (SSSR count). The molecule has 2 amide bonds. The van der Waals surface area contributed by atoms with Gasteiger partial charge in [0.1, 0.15) is 11.3 Å². The second kappa shape index (κ2) is 7.17. The number of hydrogen-bond acceptors (Lipinski definition) is 6. The molecule has 0 atom stereocenters. The number of fused-ring (bicyclic) bond motifs is 1. The largest absolute Gasteiger partial charge is 0.522 e. The van der Waals surface area contributed by atoms with Gasteiger partial charge in [-0.25, -0.2) is 9.50 Å². The molecule has 2 fully saturated rings. The topological polar surface area (TPSA) is 121 Å². The zero-order chi connectivity index (χ0) is 20.8. The number of amides is 2. The Kier molecular flexibility index (Phi) is 4.81. The van der Waals surface area contributed by atoms with Crippen LogP contribution >= 0.6 is 0 Å². The van der Waals surface area contributed by atoms with Crippen molar-refractivity contribution in [3.05, 3.63) is 23.5 Å². The van der Waals surface area contributed by atoms with Crippen LogP contribution in [0, 0.1) is 5.92 Å². The maximum absolute atomic E-state index is 12.6. The Balaban J connectivity index is 1.50. The van der Waals surface area contributed by atoms with Crippen LogP contribution in [0.1, 0.15) is 46.5 Å². The SMILES string of the molecule is NC(=O)c1c(OCC2CC2)nn2c(C(=O)N[C@H]3C[C@@H](OC(F)(F)F)C3)ccnc12. The lowest BCUT2D eigenvalue weighted by Gasteiger charge is -2.35. The van der Waals surface area contributed by atoms with Crippen molar-refractivity contribution in [1.82, 2.24) is 19.9 Å². The monoisotopic (exact) mass is 413 g/mol. The van der Waals surface area contributed by atoms with Crippen LogP contribution in [0.2, 0.25) is 0 Å². The molecular formula is C17H18F3N5O4. The van der Waals surface area contributed by atoms with E-state index in [0.717, 1.165) is 17.4 Å². The fourth-order valence-electron chi connectivity index (χ4n) is 3.12. The third-order valence-electron chi connectivity index (χ3n) is 4.85. The van der Waals surface area contributed by atoms with Crippen LogP contribution in [-0.4, -0.2) is 51.5 Å². The third kappa shape index (κ3) is 4.26. The highest BCUT2D eigenvalue weighted by Gasteiger charge is 2.41. The van der Waals surface area contributed by atoms with E-state index in [1.807, 2.05) is 0 Å². The number of carbonyl (C=O) groups excluding carboxylic acids is 2. The Morgan fingerprint density at radius 2 is 2.03 bits per heavy atom. The smallest absolute Gasteiger partial charge is 0.476 e. The third-order valence-corrected chi connectivity index (χ3v) is 4.85. The van der Waals surface area contributed by atoms with Crippen molar-refractivity contribution in [1.29, 1.82) is 0 Å². The molecule has 0 radical (unpaired) electrons. The Bertz CT molecular complexity index is 950. The molecule has 0 aliphatic heterocycles. The van der Waals surface area contributed by atoms with E-state index in [4.69, 9.17) is 10.5 Å². The Labute approximate surface area is 162 Å². The number of halogens is 3. The van der Waals surface area contributed by atoms with E-state index >= 15 is 0 Å². The summed E-state index contributed by atoms with van der Waals surface area (Å²) in [6.07, 6.45) is -2.21. The van der Waals surface area contributed by atoms with Crippen LogP contribution in [0.25, 0.3) is 5.65 Å². The van der Waals surface area contributed by atoms with E-state index < -0.39 is 30.3 Å². The molecule has 0 bridgehead atoms. The first kappa shape index (κ1) is 19.4. The zero-order valence-corrected chi connectivity index (χ0v) is 15.1. The molecule has 3 N–H and O–H groups in total. The van der Waals surface area contributed by atoms with E-state index in [9.17, 15) is 22.8 Å². The molecule has 9 nitrogen and oxygen atoms in total. The minimum absolute atomic E-state index is 0.000523. The van der Waals surface area contributed by atoms with Crippen molar-refractivity contribution in [2.75, 3.05) is 6.61 Å². The van der Waals surface area contributed by atoms with Crippen LogP contribution in [0.3, 0.4) is 0 Å². The number of rotatable bonds is 7. The summed E-state index contributed by atoms with van der Waals surface area (Å²) in [5, 5.41) is 6.79. The number of ether oxygens (including phenoxy) is 2. The van der Waals surface area contributed by atoms with Crippen molar-refractivity contribution in [2.45, 2.75) is 44.2 Å². The lowest BCUT2D eigenvalue weighted by Crippen LogP contribution is -2.49. The zero-order valence-electron chi connectivity index (χ0n) is 15.1. The quantitative estimate of drug-likeness (QED) is 0.708. The summed E-state index contributed by atoms with van der Waals surface area (Å²) < 4.78 is 47.3. The summed E-state index contributed by atoms with van der Waals surface area (Å²) in [5.74, 6) is -0.955. The molecule has 156 valence electrons. The fourth-order valence-corrected chi connectivity index (χ4v) is 3.12. The number of alkyl halides is 3. The number of nitrogens with one attached hydrogen (secondary N) is 1. The summed E-state index contributed by atoms with van der Waals surface area (Å²) in [5.41, 5.74) is 5.53. The Hall–Kier alpha value is -2.89. The molecule has 2 aromatic rings. The summed E-state index contributed by atoms with van der Waals surface area (Å²) in [7, 11) is 0. The minimum atomic E-state index is -4.70. The number of nitrogens with two attached hydrogens (primary N) is 1. The molecule has 0 spiro atoms. The van der Waals surface area contributed by atoms with Crippen molar-refractivity contribution < 1.29 is 32.2 Å². The first-order chi connectivity index (χ1) is 13.7. The minimum Gasteiger partial charge on any atom is -0.476 e. The summed E-state index contributed by atoms with van der Waals surface area (Å²) >= 11 is 0. The first-order valence-corrected chi connectivity index (χ1v) is 9.07. The van der Waals surface area contributed by atoms with E-state index in [1.54, 1.807) is 0 Å². The average molecular weight is 413 g/mol. The average Bonchev–Trinajstić information content (AvgIpc) is 3.34. The van der Waals surface area contributed by atoms with Gasteiger partial charge in [0.2, 0.25) is 5.88 Å². The van der Waals surface area contributed by atoms with Crippen molar-refractivity contribution in [3.63, 3.8) is 0 Å². The molecule has 2 aromatic heterocycles. The van der Waals surface area contributed by atoms with Gasteiger partial charge in [0, 0.05) is 12.2 Å². The molecule has 2 heterocycles. The predicted molar refractivity (Wildman–Crippen MR) is 91.1 cm³/mol. The van der Waals surface area contributed by atoms with Crippen molar-refractivity contribution >= 4 is 17.5 Å². The van der Waals surface area contributed by atoms with E-state index in [-0.39, 0.29) is 35.6 Å². The number of nitrogens with zero attached hydrogens (tertiary/aromatic N) is 3. The van der Waals surface area contributed by atoms with E-state index in [0.29, 0.717) is 12.5 Å². The molecular weight excluding hydrogens is 395 g/mol. The van der Waals surface area contributed by atoms with Gasteiger partial charge in [-0.1, -0.05) is 0 Å². The van der Waals surface area contributed by atoms with E-state index in [1.165, 1.54) is 12.3 Å². The van der Waals surface area contributed by atoms with Gasteiger partial charge in [-0.3, -0.25) is 14.3 Å². The van der Waals surface area contributed by atoms with Gasteiger partial charge in [-0.15, -0.1) is 18.3 Å². The predicted octanol–water partition coefficient (Wildman–Crippen LogP) is 1.41. The molecule has 0 unspecified atom stereocenters. The van der Waals surface area contributed by atoms with Gasteiger partial charge in [-0.05, 0) is 37.7 Å². The van der Waals surface area contributed by atoms with Crippen LogP contribution in [0.15, 0.2) is 12.3 Å². The molecule has 2 aliphatic rings. The van der Waals surface area contributed by atoms with Gasteiger partial charge in [0.25, 0.3) is 11.8 Å². The summed E-state index contributed by atoms with van der Waals surface area (Å²) in [4.78, 5) is 28.5. The standard InChI is InChI=1S/C17H18F3N5O4/c18-17(19,20)29-10-5-9(6-10)23-15(27)11-3-4-22-14-12(13(21)26)16(24-25(11)14)28-7-8-1-2-8/h3-4,8-10H,1-2,5-7H2,(H2,21,26)(H,23,27)/t9-,10+. The second-order valence-corrected chi connectivity index (χ2v) is 7.19. The number of hydrogen-bond donors (Lipinski definition) is 2. The molecule has 0 aromatic carbocycles. The van der Waals surface area contributed by atoms with Gasteiger partial charge in [0.15, 0.2) is 5.65 Å². The van der Waals surface area contributed by atoms with Crippen LogP contribution in [0.4, 0.5) is 13.2 Å². The normalized spacial score (nSPS) is 21.6. The van der Waals surface area contributed by atoms with Gasteiger partial charge in [-0.2, -0.15) is 0 Å². The first-order valence-electron chi connectivity index (χ1n) is 9.07. The molecule has 2 saturated carbocycles. The maximum atomic E-state index is 12.6. The molecule has 12 heteroatoms. The Morgan fingerprint density at radius 1 is 1.31 bits per heavy atom. The highest BCUT2D eigenvalue weighted by atomic mass is 19.4. The second-order valence-electron chi connectivity index (χ2n) is 7.19. The van der Waals surface area contributed by atoms with Crippen LogP contribution in [-0.2, 0) is 4.74 Å².